The summed E-state index contributed by atoms with van der Waals surface area (Å²) in [6.07, 6.45) is 1.79. The Kier molecular flexibility index (Phi) is 26.9. The molecule has 0 rings (SSSR count). The molecule has 0 fully saturated rings. The van der Waals surface area contributed by atoms with Crippen molar-refractivity contribution in [2.24, 2.45) is 11.5 Å². The molecule has 0 aromatic heterocycles. The molecular formula is C18H50N2O6Si3. The lowest BCUT2D eigenvalue weighted by atomic mass is 10.5. The molecule has 0 radical (unpaired) electrons. The van der Waals surface area contributed by atoms with E-state index < -0.39 is 17.6 Å². The highest BCUT2D eigenvalue weighted by Gasteiger charge is 2.40. The fourth-order valence-electron chi connectivity index (χ4n) is 2.64. The SMILES string of the molecule is CCO[Si](CCCN)(OCC)OCC.CCO[Si](CCCN)(OCC)OCC.[SiH4]. The van der Waals surface area contributed by atoms with Crippen LogP contribution < -0.4 is 11.5 Å². The molecular weight excluding hydrogens is 424 g/mol. The third-order valence-electron chi connectivity index (χ3n) is 3.56. The summed E-state index contributed by atoms with van der Waals surface area (Å²) < 4.78 is 33.9. The van der Waals surface area contributed by atoms with Crippen LogP contribution in [0.15, 0.2) is 0 Å². The van der Waals surface area contributed by atoms with E-state index in [0.717, 1.165) is 24.9 Å². The Morgan fingerprint density at radius 2 is 0.690 bits per heavy atom. The summed E-state index contributed by atoms with van der Waals surface area (Å²) in [5, 5.41) is 0. The van der Waals surface area contributed by atoms with Crippen LogP contribution in [0, 0.1) is 0 Å². The lowest BCUT2D eigenvalue weighted by Gasteiger charge is -2.28. The zero-order valence-electron chi connectivity index (χ0n) is 19.1. The van der Waals surface area contributed by atoms with Crippen LogP contribution >= 0.6 is 0 Å². The normalized spacial score (nSPS) is 11.6. The molecule has 8 nitrogen and oxygen atoms in total. The highest BCUT2D eigenvalue weighted by atomic mass is 28.4. The summed E-state index contributed by atoms with van der Waals surface area (Å²) in [5.74, 6) is 0. The van der Waals surface area contributed by atoms with E-state index in [9.17, 15) is 0 Å². The van der Waals surface area contributed by atoms with Gasteiger partial charge in [-0.25, -0.2) is 0 Å². The van der Waals surface area contributed by atoms with Gasteiger partial charge >= 0.3 is 17.6 Å². The largest absolute Gasteiger partial charge is 0.500 e. The highest BCUT2D eigenvalue weighted by molar-refractivity contribution is 6.61. The Bertz CT molecular complexity index is 270. The summed E-state index contributed by atoms with van der Waals surface area (Å²) in [7, 11) is -4.79. The van der Waals surface area contributed by atoms with E-state index in [2.05, 4.69) is 0 Å². The van der Waals surface area contributed by atoms with Crippen molar-refractivity contribution in [1.29, 1.82) is 0 Å². The topological polar surface area (TPSA) is 107 Å². The second-order valence-corrected chi connectivity index (χ2v) is 11.2. The molecule has 11 heteroatoms. The molecule has 0 aliphatic heterocycles. The van der Waals surface area contributed by atoms with Gasteiger partial charge in [0.25, 0.3) is 0 Å². The predicted octanol–water partition coefficient (Wildman–Crippen LogP) is 1.32. The minimum atomic E-state index is -2.40. The van der Waals surface area contributed by atoms with Crippen LogP contribution in [0.25, 0.3) is 0 Å². The third-order valence-corrected chi connectivity index (χ3v) is 9.86. The van der Waals surface area contributed by atoms with E-state index in [4.69, 9.17) is 38.0 Å². The molecule has 29 heavy (non-hydrogen) atoms. The second-order valence-electron chi connectivity index (χ2n) is 5.75. The van der Waals surface area contributed by atoms with Crippen molar-refractivity contribution in [2.45, 2.75) is 66.5 Å². The smallest absolute Gasteiger partial charge is 0.374 e. The maximum absolute atomic E-state index is 5.65. The molecule has 0 spiro atoms. The van der Waals surface area contributed by atoms with Gasteiger partial charge in [0.1, 0.15) is 0 Å². The van der Waals surface area contributed by atoms with Crippen molar-refractivity contribution in [3.8, 4) is 0 Å². The number of hydrogen-bond donors (Lipinski definition) is 2. The fourth-order valence-corrected chi connectivity index (χ4v) is 7.92. The van der Waals surface area contributed by atoms with E-state index >= 15 is 0 Å². The minimum absolute atomic E-state index is 0. The van der Waals surface area contributed by atoms with Crippen molar-refractivity contribution >= 4 is 28.6 Å². The van der Waals surface area contributed by atoms with Gasteiger partial charge in [0.05, 0.1) is 0 Å². The Morgan fingerprint density at radius 1 is 0.483 bits per heavy atom. The summed E-state index contributed by atoms with van der Waals surface area (Å²) in [5.41, 5.74) is 11.0. The molecule has 0 bridgehead atoms. The summed E-state index contributed by atoms with van der Waals surface area (Å²) in [6, 6.07) is 1.64. The van der Waals surface area contributed by atoms with Gasteiger partial charge in [-0.15, -0.1) is 0 Å². The summed E-state index contributed by atoms with van der Waals surface area (Å²) in [6.45, 7) is 16.9. The van der Waals surface area contributed by atoms with Crippen LogP contribution in [0.2, 0.25) is 12.1 Å². The van der Waals surface area contributed by atoms with Gasteiger partial charge in [-0.1, -0.05) is 0 Å². The van der Waals surface area contributed by atoms with Gasteiger partial charge in [0, 0.05) is 51.7 Å². The molecule has 0 atom stereocenters. The van der Waals surface area contributed by atoms with Gasteiger partial charge in [-0.3, -0.25) is 0 Å². The van der Waals surface area contributed by atoms with Crippen molar-refractivity contribution < 1.29 is 26.6 Å². The Labute approximate surface area is 186 Å². The molecule has 0 saturated carbocycles. The maximum Gasteiger partial charge on any atom is 0.500 e. The molecule has 0 aliphatic carbocycles. The van der Waals surface area contributed by atoms with Gasteiger partial charge < -0.3 is 38.0 Å². The quantitative estimate of drug-likeness (QED) is 0.286. The third kappa shape index (κ3) is 16.7. The van der Waals surface area contributed by atoms with Gasteiger partial charge in [-0.05, 0) is 78.4 Å². The molecule has 180 valence electrons. The molecule has 0 aromatic carbocycles. The summed E-state index contributed by atoms with van der Waals surface area (Å²) >= 11 is 0. The minimum Gasteiger partial charge on any atom is -0.374 e. The van der Waals surface area contributed by atoms with Crippen molar-refractivity contribution in [3.05, 3.63) is 0 Å². The molecule has 0 aromatic rings. The van der Waals surface area contributed by atoms with E-state index in [1.54, 1.807) is 0 Å². The Morgan fingerprint density at radius 3 is 0.828 bits per heavy atom. The van der Waals surface area contributed by atoms with Crippen LogP contribution in [-0.2, 0) is 26.6 Å². The van der Waals surface area contributed by atoms with Crippen molar-refractivity contribution in [2.75, 3.05) is 52.7 Å². The number of nitrogens with two attached hydrogens (primary N) is 2. The highest BCUT2D eigenvalue weighted by Crippen LogP contribution is 2.18. The van der Waals surface area contributed by atoms with Crippen LogP contribution in [0.4, 0.5) is 0 Å². The van der Waals surface area contributed by atoms with Gasteiger partial charge in [-0.2, -0.15) is 0 Å². The molecule has 0 amide bonds. The second kappa shape index (κ2) is 23.0. The molecule has 0 saturated heterocycles. The van der Waals surface area contributed by atoms with E-state index in [1.165, 1.54) is 0 Å². The number of rotatable bonds is 18. The standard InChI is InChI=1S/2C9H23NO3Si.H4Si/c2*1-4-11-14(12-5-2,13-6-3)9-7-8-10;/h2*4-10H2,1-3H3;1H4. The van der Waals surface area contributed by atoms with Crippen LogP contribution in [0.1, 0.15) is 54.4 Å². The van der Waals surface area contributed by atoms with Crippen LogP contribution in [-0.4, -0.2) is 81.3 Å². The fraction of sp³-hybridized carbons (Fsp3) is 1.00. The molecule has 4 N–H and O–H groups in total. The first-order valence-electron chi connectivity index (χ1n) is 10.7. The van der Waals surface area contributed by atoms with Crippen LogP contribution in [0.5, 0.6) is 0 Å². The number of hydrogen-bond acceptors (Lipinski definition) is 8. The van der Waals surface area contributed by atoms with E-state index in [-0.39, 0.29) is 11.0 Å². The van der Waals surface area contributed by atoms with Gasteiger partial charge in [0.15, 0.2) is 0 Å². The lowest BCUT2D eigenvalue weighted by Crippen LogP contribution is -2.46. The first-order chi connectivity index (χ1) is 13.5. The first-order valence-corrected chi connectivity index (χ1v) is 14.6. The maximum atomic E-state index is 5.65. The first kappa shape index (κ1) is 34.0. The lowest BCUT2D eigenvalue weighted by molar-refractivity contribution is 0.0702. The average Bonchev–Trinajstić information content (AvgIpc) is 2.67. The Hall–Kier alpha value is 0.331. The van der Waals surface area contributed by atoms with E-state index in [0.29, 0.717) is 52.7 Å². The zero-order chi connectivity index (χ0) is 21.7. The average molecular weight is 475 g/mol. The van der Waals surface area contributed by atoms with E-state index in [1.807, 2.05) is 41.5 Å². The van der Waals surface area contributed by atoms with Crippen LogP contribution in [0.3, 0.4) is 0 Å². The molecule has 0 aliphatic rings. The molecule has 0 heterocycles. The van der Waals surface area contributed by atoms with Crippen molar-refractivity contribution in [3.63, 3.8) is 0 Å². The Balaban J connectivity index is -0.000000451. The molecule has 0 unspecified atom stereocenters. The zero-order valence-corrected chi connectivity index (χ0v) is 21.1. The monoisotopic (exact) mass is 474 g/mol. The van der Waals surface area contributed by atoms with Crippen molar-refractivity contribution in [1.82, 2.24) is 0 Å². The van der Waals surface area contributed by atoms with Gasteiger partial charge in [0.2, 0.25) is 0 Å². The summed E-state index contributed by atoms with van der Waals surface area (Å²) in [4.78, 5) is 0. The predicted molar refractivity (Wildman–Crippen MR) is 130 cm³/mol.